The van der Waals surface area contributed by atoms with Gasteiger partial charge >= 0.3 is 19.8 Å². The van der Waals surface area contributed by atoms with Gasteiger partial charge in [0.25, 0.3) is 0 Å². The van der Waals surface area contributed by atoms with Crippen LogP contribution >= 0.6 is 7.82 Å². The summed E-state index contributed by atoms with van der Waals surface area (Å²) in [5.41, 5.74) is 0. The number of phosphoric ester groups is 1. The van der Waals surface area contributed by atoms with Crippen molar-refractivity contribution in [2.24, 2.45) is 0 Å². The molecule has 2 unspecified atom stereocenters. The molecule has 0 saturated carbocycles. The quantitative estimate of drug-likeness (QED) is 0.0211. The Morgan fingerprint density at radius 3 is 0.955 bits per heavy atom. The largest absolute Gasteiger partial charge is 0.472 e. The molecule has 0 aliphatic heterocycles. The van der Waals surface area contributed by atoms with Gasteiger partial charge in [-0.2, -0.15) is 0 Å². The number of quaternary nitrogens is 1. The molecule has 0 rings (SSSR count). The molecule has 0 saturated heterocycles. The number of likely N-dealkylation sites (N-methyl/N-ethyl adjacent to an activating group) is 1. The Hall–Kier alpha value is -3.33. The fourth-order valence-electron chi connectivity index (χ4n) is 10.3. The first-order valence-corrected chi connectivity index (χ1v) is 38.1. The predicted molar refractivity (Wildman–Crippen MR) is 381 cm³/mol. The molecule has 88 heavy (non-hydrogen) atoms. The van der Waals surface area contributed by atoms with Gasteiger partial charge in [-0.3, -0.25) is 18.6 Å². The molecule has 508 valence electrons. The molecule has 0 spiro atoms. The summed E-state index contributed by atoms with van der Waals surface area (Å²) >= 11 is 0. The Kier molecular flexibility index (Phi) is 65.5. The summed E-state index contributed by atoms with van der Waals surface area (Å²) in [6.45, 7) is 4.29. The van der Waals surface area contributed by atoms with E-state index in [-0.39, 0.29) is 32.0 Å². The Labute approximate surface area is 544 Å². The van der Waals surface area contributed by atoms with E-state index in [9.17, 15) is 19.0 Å². The number of hydrogen-bond donors (Lipinski definition) is 1. The highest BCUT2D eigenvalue weighted by Crippen LogP contribution is 2.43. The fraction of sp³-hybridized carbons (Fsp3) is 0.744. The van der Waals surface area contributed by atoms with Crippen LogP contribution in [0.2, 0.25) is 0 Å². The number of ether oxygens (including phenoxy) is 2. The van der Waals surface area contributed by atoms with E-state index in [2.05, 4.69) is 123 Å². The van der Waals surface area contributed by atoms with E-state index in [1.54, 1.807) is 0 Å². The molecular formula is C78H139NO8P+. The van der Waals surface area contributed by atoms with Gasteiger partial charge in [-0.1, -0.05) is 342 Å². The van der Waals surface area contributed by atoms with Crippen LogP contribution in [-0.2, 0) is 32.7 Å². The number of nitrogens with zero attached hydrogens (tertiary/aromatic N) is 1. The lowest BCUT2D eigenvalue weighted by Gasteiger charge is -2.24. The average molecular weight is 1250 g/mol. The standard InChI is InChI=1S/C78H138NO8P/c1-6-8-10-12-14-16-18-20-22-24-26-28-30-32-34-36-37-38-39-40-41-43-44-46-48-50-52-54-56-58-60-62-64-66-68-70-77(80)84-74-76(75-86-88(82,83)85-73-72-79(3,4)5)87-78(81)71-69-67-65-63-61-59-57-55-53-51-49-47-45-42-35-33-31-29-27-25-23-21-19-17-15-13-11-9-7-2/h9,11,15,17,21,23,27,29,33,35,45,47,51,53,57,59,63,65,76H,6-8,10,12-14,16,18-20,22,24-26,28,30-32,34,36-44,46,48-50,52,54-56,58,60-62,64,66-75H2,1-5H3/p+1/b11-9-,17-15-,23-21-,29-27-,35-33-,47-45-,53-51-,59-57-,65-63-. The summed E-state index contributed by atoms with van der Waals surface area (Å²) in [6, 6.07) is 0. The van der Waals surface area contributed by atoms with Crippen LogP contribution in [0.25, 0.3) is 0 Å². The summed E-state index contributed by atoms with van der Waals surface area (Å²) < 4.78 is 34.6. The second-order valence-electron chi connectivity index (χ2n) is 25.6. The maximum atomic E-state index is 12.8. The molecule has 0 aromatic carbocycles. The number of phosphoric acid groups is 1. The lowest BCUT2D eigenvalue weighted by Crippen LogP contribution is -2.37. The number of carbonyl (C=O) groups excluding carboxylic acids is 2. The molecule has 9 nitrogen and oxygen atoms in total. The van der Waals surface area contributed by atoms with Crippen LogP contribution in [0.4, 0.5) is 0 Å². The monoisotopic (exact) mass is 1250 g/mol. The van der Waals surface area contributed by atoms with E-state index < -0.39 is 26.5 Å². The molecule has 0 aromatic heterocycles. The Bertz CT molecular complexity index is 1850. The first-order chi connectivity index (χ1) is 43.0. The molecule has 0 bridgehead atoms. The number of hydrogen-bond acceptors (Lipinski definition) is 7. The number of allylic oxidation sites excluding steroid dienone is 18. The molecule has 0 fully saturated rings. The third kappa shape index (κ3) is 71.7. The van der Waals surface area contributed by atoms with E-state index in [1.165, 1.54) is 205 Å². The highest BCUT2D eigenvalue weighted by Gasteiger charge is 2.27. The van der Waals surface area contributed by atoms with Crippen molar-refractivity contribution in [3.8, 4) is 0 Å². The fourth-order valence-corrected chi connectivity index (χ4v) is 11.0. The minimum atomic E-state index is -4.42. The second-order valence-corrected chi connectivity index (χ2v) is 27.1. The number of rotatable bonds is 67. The molecule has 0 aromatic rings. The summed E-state index contributed by atoms with van der Waals surface area (Å²) in [4.78, 5) is 35.9. The molecule has 0 amide bonds. The number of carbonyl (C=O) groups is 2. The summed E-state index contributed by atoms with van der Waals surface area (Å²) in [5.74, 6) is -0.862. The van der Waals surface area contributed by atoms with Gasteiger partial charge in [-0.15, -0.1) is 0 Å². The lowest BCUT2D eigenvalue weighted by atomic mass is 10.0. The molecule has 0 radical (unpaired) electrons. The van der Waals surface area contributed by atoms with E-state index in [1.807, 2.05) is 21.1 Å². The predicted octanol–water partition coefficient (Wildman–Crippen LogP) is 24.1. The molecule has 0 aliphatic rings. The van der Waals surface area contributed by atoms with Gasteiger partial charge in [0.2, 0.25) is 0 Å². The Morgan fingerprint density at radius 2 is 0.648 bits per heavy atom. The lowest BCUT2D eigenvalue weighted by molar-refractivity contribution is -0.870. The van der Waals surface area contributed by atoms with E-state index in [4.69, 9.17) is 18.5 Å². The van der Waals surface area contributed by atoms with Crippen LogP contribution in [0.5, 0.6) is 0 Å². The van der Waals surface area contributed by atoms with Crippen molar-refractivity contribution < 1.29 is 42.1 Å². The SMILES string of the molecule is CC/C=C\C/C=C\C/C=C\C/C=C\C/C=C\C/C=C\C/C=C\C/C=C\C/C=C\CCCC(=O)OC(COC(=O)CCCCCCCCCCCCCCCCCCCCCCCCCCCCCCCCCCCCC)COP(=O)(O)OCC[N+](C)(C)C. The molecule has 0 aliphatic carbocycles. The highest BCUT2D eigenvalue weighted by atomic mass is 31.2. The van der Waals surface area contributed by atoms with Gasteiger partial charge in [0.15, 0.2) is 6.10 Å². The van der Waals surface area contributed by atoms with Crippen molar-refractivity contribution in [3.63, 3.8) is 0 Å². The van der Waals surface area contributed by atoms with Crippen LogP contribution in [0, 0.1) is 0 Å². The maximum Gasteiger partial charge on any atom is 0.472 e. The first kappa shape index (κ1) is 84.7. The zero-order valence-electron chi connectivity index (χ0n) is 57.9. The molecule has 1 N–H and O–H groups in total. The number of unbranched alkanes of at least 4 members (excludes halogenated alkanes) is 35. The van der Waals surface area contributed by atoms with E-state index in [0.29, 0.717) is 23.9 Å². The average Bonchev–Trinajstić information content (AvgIpc) is 3.68. The minimum absolute atomic E-state index is 0.0164. The Balaban J connectivity index is 4.08. The highest BCUT2D eigenvalue weighted by molar-refractivity contribution is 7.47. The first-order valence-electron chi connectivity index (χ1n) is 36.6. The third-order valence-electron chi connectivity index (χ3n) is 15.8. The molecule has 2 atom stereocenters. The number of esters is 2. The van der Waals surface area contributed by atoms with Crippen molar-refractivity contribution >= 4 is 19.8 Å². The minimum Gasteiger partial charge on any atom is -0.462 e. The van der Waals surface area contributed by atoms with Gasteiger partial charge in [0.1, 0.15) is 19.8 Å². The van der Waals surface area contributed by atoms with Gasteiger partial charge in [-0.05, 0) is 77.0 Å². The topological polar surface area (TPSA) is 108 Å². The van der Waals surface area contributed by atoms with Crippen molar-refractivity contribution in [3.05, 3.63) is 109 Å². The van der Waals surface area contributed by atoms with Crippen LogP contribution in [0.1, 0.15) is 322 Å². The Morgan fingerprint density at radius 1 is 0.364 bits per heavy atom. The van der Waals surface area contributed by atoms with Crippen molar-refractivity contribution in [1.82, 2.24) is 0 Å². The summed E-state index contributed by atoms with van der Waals surface area (Å²) in [7, 11) is 1.44. The molecular weight excluding hydrogens is 1110 g/mol. The maximum absolute atomic E-state index is 12.8. The van der Waals surface area contributed by atoms with E-state index in [0.717, 1.165) is 77.0 Å². The van der Waals surface area contributed by atoms with Crippen molar-refractivity contribution in [1.29, 1.82) is 0 Å². The van der Waals surface area contributed by atoms with Crippen LogP contribution in [0.3, 0.4) is 0 Å². The molecule has 0 heterocycles. The van der Waals surface area contributed by atoms with Crippen molar-refractivity contribution in [2.45, 2.75) is 328 Å². The van der Waals surface area contributed by atoms with Crippen LogP contribution in [-0.4, -0.2) is 74.9 Å². The van der Waals surface area contributed by atoms with Crippen molar-refractivity contribution in [2.75, 3.05) is 47.5 Å². The summed E-state index contributed by atoms with van der Waals surface area (Å²) in [6.07, 6.45) is 96.6. The van der Waals surface area contributed by atoms with Gasteiger partial charge in [0.05, 0.1) is 27.7 Å². The van der Waals surface area contributed by atoms with Gasteiger partial charge < -0.3 is 18.9 Å². The smallest absolute Gasteiger partial charge is 0.462 e. The van der Waals surface area contributed by atoms with Gasteiger partial charge in [-0.25, -0.2) is 4.57 Å². The summed E-state index contributed by atoms with van der Waals surface area (Å²) in [5, 5.41) is 0. The van der Waals surface area contributed by atoms with Crippen LogP contribution in [0.15, 0.2) is 109 Å². The zero-order valence-corrected chi connectivity index (χ0v) is 58.8. The zero-order chi connectivity index (χ0) is 64.1. The van der Waals surface area contributed by atoms with E-state index >= 15 is 0 Å². The third-order valence-corrected chi connectivity index (χ3v) is 16.8. The second kappa shape index (κ2) is 68.0. The van der Waals surface area contributed by atoms with Crippen LogP contribution < -0.4 is 0 Å². The van der Waals surface area contributed by atoms with Gasteiger partial charge in [0, 0.05) is 12.8 Å². The normalized spacial score (nSPS) is 13.8. The molecule has 10 heteroatoms.